The average Bonchev–Trinajstić information content (AvgIpc) is 3.11. The van der Waals surface area contributed by atoms with Gasteiger partial charge in [-0.2, -0.15) is 0 Å². The quantitative estimate of drug-likeness (QED) is 0.455. The molecule has 0 aliphatic carbocycles. The van der Waals surface area contributed by atoms with E-state index in [1.54, 1.807) is 13.8 Å². The maximum atomic E-state index is 12.3. The van der Waals surface area contributed by atoms with E-state index in [9.17, 15) is 9.59 Å². The van der Waals surface area contributed by atoms with Crippen molar-refractivity contribution in [2.45, 2.75) is 20.8 Å². The Hall–Kier alpha value is -3.54. The van der Waals surface area contributed by atoms with Crippen molar-refractivity contribution in [2.24, 2.45) is 0 Å². The van der Waals surface area contributed by atoms with Crippen LogP contribution in [0.5, 0.6) is 0 Å². The van der Waals surface area contributed by atoms with Crippen molar-refractivity contribution >= 4 is 28.5 Å². The zero-order valence-electron chi connectivity index (χ0n) is 16.7. The Morgan fingerprint density at radius 1 is 1.03 bits per heavy atom. The number of nitrogens with one attached hydrogen (secondary N) is 2. The van der Waals surface area contributed by atoms with Crippen LogP contribution in [0.2, 0.25) is 0 Å². The van der Waals surface area contributed by atoms with Crippen LogP contribution in [0.25, 0.3) is 22.2 Å². The zero-order chi connectivity index (χ0) is 20.8. The van der Waals surface area contributed by atoms with Crippen LogP contribution in [0.1, 0.15) is 19.4 Å². The monoisotopic (exact) mass is 392 g/mol. The first kappa shape index (κ1) is 20.2. The van der Waals surface area contributed by atoms with Gasteiger partial charge in [0.2, 0.25) is 0 Å². The van der Waals surface area contributed by atoms with Crippen molar-refractivity contribution < 1.29 is 19.1 Å². The van der Waals surface area contributed by atoms with E-state index in [0.717, 1.165) is 33.8 Å². The molecule has 0 aliphatic rings. The molecule has 0 atom stereocenters. The summed E-state index contributed by atoms with van der Waals surface area (Å²) >= 11 is 0. The van der Waals surface area contributed by atoms with Gasteiger partial charge in [-0.3, -0.25) is 0 Å². The Kier molecular flexibility index (Phi) is 6.34. The molecule has 1 aromatic heterocycles. The second-order valence-electron chi connectivity index (χ2n) is 6.46. The van der Waals surface area contributed by atoms with E-state index in [-0.39, 0.29) is 18.9 Å². The van der Waals surface area contributed by atoms with E-state index >= 15 is 0 Å². The van der Waals surface area contributed by atoms with Crippen LogP contribution < -0.4 is 5.32 Å². The number of hydrogen-bond donors (Lipinski definition) is 2. The van der Waals surface area contributed by atoms with Gasteiger partial charge < -0.3 is 19.8 Å². The molecule has 6 heteroatoms. The lowest BCUT2D eigenvalue weighted by Gasteiger charge is -2.12. The predicted octanol–water partition coefficient (Wildman–Crippen LogP) is 4.57. The van der Waals surface area contributed by atoms with Crippen LogP contribution in [-0.2, 0) is 19.1 Å². The molecule has 2 aromatic carbocycles. The lowest BCUT2D eigenvalue weighted by atomic mass is 10.1. The van der Waals surface area contributed by atoms with E-state index in [2.05, 4.69) is 10.3 Å². The molecule has 0 unspecified atom stereocenters. The molecule has 3 rings (SSSR count). The number of aromatic nitrogens is 1. The number of hydrogen-bond acceptors (Lipinski definition) is 5. The van der Waals surface area contributed by atoms with Crippen molar-refractivity contribution in [1.82, 2.24) is 4.98 Å². The number of rotatable bonds is 7. The first-order chi connectivity index (χ1) is 14.0. The fraction of sp³-hybridized carbons (Fsp3) is 0.217. The molecule has 0 spiro atoms. The second kappa shape index (κ2) is 9.10. The summed E-state index contributed by atoms with van der Waals surface area (Å²) in [7, 11) is 0. The minimum Gasteiger partial charge on any atom is -0.463 e. The molecule has 150 valence electrons. The van der Waals surface area contributed by atoms with Gasteiger partial charge in [0.05, 0.1) is 19.3 Å². The van der Waals surface area contributed by atoms with Crippen LogP contribution in [0.4, 0.5) is 5.69 Å². The number of fused-ring (bicyclic) bond motifs is 1. The summed E-state index contributed by atoms with van der Waals surface area (Å²) in [6.07, 6.45) is 1.12. The largest absolute Gasteiger partial charge is 0.463 e. The Morgan fingerprint density at radius 3 is 2.45 bits per heavy atom. The molecular formula is C23H24N2O4. The third-order valence-electron chi connectivity index (χ3n) is 4.36. The van der Waals surface area contributed by atoms with Crippen molar-refractivity contribution in [3.05, 3.63) is 65.9 Å². The first-order valence-electron chi connectivity index (χ1n) is 9.53. The smallest absolute Gasteiger partial charge is 0.355 e. The lowest BCUT2D eigenvalue weighted by molar-refractivity contribution is -0.140. The molecule has 0 bridgehead atoms. The van der Waals surface area contributed by atoms with Crippen molar-refractivity contribution in [3.8, 4) is 11.3 Å². The van der Waals surface area contributed by atoms with Gasteiger partial charge >= 0.3 is 11.9 Å². The molecular weight excluding hydrogens is 368 g/mol. The van der Waals surface area contributed by atoms with Crippen LogP contribution in [0, 0.1) is 6.92 Å². The molecule has 0 fully saturated rings. The Bertz CT molecular complexity index is 1050. The third kappa shape index (κ3) is 4.85. The molecule has 0 saturated heterocycles. The van der Waals surface area contributed by atoms with E-state index in [1.165, 1.54) is 0 Å². The number of esters is 2. The second-order valence-corrected chi connectivity index (χ2v) is 6.46. The molecule has 0 amide bonds. The van der Waals surface area contributed by atoms with Crippen LogP contribution in [-0.4, -0.2) is 30.1 Å². The third-order valence-corrected chi connectivity index (χ3v) is 4.36. The lowest BCUT2D eigenvalue weighted by Crippen LogP contribution is -2.17. The van der Waals surface area contributed by atoms with Gasteiger partial charge in [0.1, 0.15) is 5.70 Å². The number of benzene rings is 2. The van der Waals surface area contributed by atoms with Gasteiger partial charge in [-0.1, -0.05) is 30.3 Å². The first-order valence-corrected chi connectivity index (χ1v) is 9.53. The summed E-state index contributed by atoms with van der Waals surface area (Å²) in [5.41, 5.74) is 4.73. The standard InChI is InChI=1S/C23H24N2O4/c1-4-28-22(26)14-21(23(27)29-5-2)24-18-12-17-13-20(16-9-7-6-8-10-16)25-19(17)11-15(18)3/h6-14,24-25H,4-5H2,1-3H3. The van der Waals surface area contributed by atoms with Crippen LogP contribution >= 0.6 is 0 Å². The van der Waals surface area contributed by atoms with Gasteiger partial charge in [-0.25, -0.2) is 9.59 Å². The molecule has 0 aliphatic heterocycles. The van der Waals surface area contributed by atoms with Gasteiger partial charge in [0, 0.05) is 22.3 Å². The van der Waals surface area contributed by atoms with Crippen molar-refractivity contribution in [2.75, 3.05) is 18.5 Å². The highest BCUT2D eigenvalue weighted by Gasteiger charge is 2.16. The molecule has 0 saturated carbocycles. The number of H-pyrrole nitrogens is 1. The van der Waals surface area contributed by atoms with Crippen molar-refractivity contribution in [1.29, 1.82) is 0 Å². The van der Waals surface area contributed by atoms with Gasteiger partial charge in [0.25, 0.3) is 0 Å². The summed E-state index contributed by atoms with van der Waals surface area (Å²) in [4.78, 5) is 27.6. The normalized spacial score (nSPS) is 11.3. The molecule has 29 heavy (non-hydrogen) atoms. The van der Waals surface area contributed by atoms with Crippen LogP contribution in [0.15, 0.2) is 60.3 Å². The minimum atomic E-state index is -0.612. The van der Waals surface area contributed by atoms with E-state index in [1.807, 2.05) is 55.5 Å². The van der Waals surface area contributed by atoms with Crippen LogP contribution in [0.3, 0.4) is 0 Å². The van der Waals surface area contributed by atoms with Gasteiger partial charge in [-0.05, 0) is 50.1 Å². The predicted molar refractivity (Wildman–Crippen MR) is 113 cm³/mol. The van der Waals surface area contributed by atoms with E-state index in [4.69, 9.17) is 9.47 Å². The molecule has 2 N–H and O–H groups in total. The molecule has 3 aromatic rings. The molecule has 6 nitrogen and oxygen atoms in total. The van der Waals surface area contributed by atoms with Gasteiger partial charge in [0.15, 0.2) is 0 Å². The summed E-state index contributed by atoms with van der Waals surface area (Å²) in [6.45, 7) is 5.77. The highest BCUT2D eigenvalue weighted by atomic mass is 16.5. The number of carbonyl (C=O) groups excluding carboxylic acids is 2. The maximum Gasteiger partial charge on any atom is 0.355 e. The molecule has 0 radical (unpaired) electrons. The van der Waals surface area contributed by atoms with E-state index < -0.39 is 11.9 Å². The average molecular weight is 392 g/mol. The number of carbonyl (C=O) groups is 2. The fourth-order valence-electron chi connectivity index (χ4n) is 3.00. The summed E-state index contributed by atoms with van der Waals surface area (Å²) in [5, 5.41) is 4.02. The molecule has 1 heterocycles. The SMILES string of the molecule is CCOC(=O)C=C(Nc1cc2cc(-c3ccccc3)[nH]c2cc1C)C(=O)OCC. The zero-order valence-corrected chi connectivity index (χ0v) is 16.7. The summed E-state index contributed by atoms with van der Waals surface area (Å²) in [6, 6.07) is 16.0. The summed E-state index contributed by atoms with van der Waals surface area (Å²) < 4.78 is 9.98. The number of anilines is 1. The fourth-order valence-corrected chi connectivity index (χ4v) is 3.00. The van der Waals surface area contributed by atoms with Gasteiger partial charge in [-0.15, -0.1) is 0 Å². The van der Waals surface area contributed by atoms with Crippen molar-refractivity contribution in [3.63, 3.8) is 0 Å². The maximum absolute atomic E-state index is 12.3. The topological polar surface area (TPSA) is 80.4 Å². The Labute approximate surface area is 169 Å². The summed E-state index contributed by atoms with van der Waals surface area (Å²) in [5.74, 6) is -1.21. The number of ether oxygens (including phenoxy) is 2. The number of aromatic amines is 1. The minimum absolute atomic E-state index is 0.0339. The Morgan fingerprint density at radius 2 is 1.76 bits per heavy atom. The van der Waals surface area contributed by atoms with E-state index in [0.29, 0.717) is 5.69 Å². The Balaban J connectivity index is 1.95. The highest BCUT2D eigenvalue weighted by molar-refractivity contribution is 6.00. The number of aryl methyl sites for hydroxylation is 1. The highest BCUT2D eigenvalue weighted by Crippen LogP contribution is 2.29.